The van der Waals surface area contributed by atoms with Gasteiger partial charge in [-0.15, -0.1) is 6.42 Å². The highest BCUT2D eigenvalue weighted by molar-refractivity contribution is 7.89. The molecule has 0 bridgehead atoms. The van der Waals surface area contributed by atoms with Crippen LogP contribution in [-0.2, 0) is 10.0 Å². The molecule has 0 amide bonds. The summed E-state index contributed by atoms with van der Waals surface area (Å²) in [6, 6.07) is 2.39. The summed E-state index contributed by atoms with van der Waals surface area (Å²) in [4.78, 5) is 3.56. The van der Waals surface area contributed by atoms with Crippen molar-refractivity contribution in [1.82, 2.24) is 9.29 Å². The second kappa shape index (κ2) is 5.75. The van der Waals surface area contributed by atoms with E-state index >= 15 is 0 Å². The van der Waals surface area contributed by atoms with E-state index in [4.69, 9.17) is 6.42 Å². The van der Waals surface area contributed by atoms with Gasteiger partial charge in [0.2, 0.25) is 5.03 Å². The average Bonchev–Trinajstić information content (AvgIpc) is 2.29. The van der Waals surface area contributed by atoms with Crippen molar-refractivity contribution in [2.24, 2.45) is 0 Å². The zero-order chi connectivity index (χ0) is 12.9. The van der Waals surface area contributed by atoms with Crippen LogP contribution in [0.1, 0.15) is 13.3 Å². The third-order valence-corrected chi connectivity index (χ3v) is 3.83. The first-order valence-electron chi connectivity index (χ1n) is 5.08. The molecule has 1 rings (SSSR count). The minimum Gasteiger partial charge on any atom is -0.241 e. The Hall–Kier alpha value is -1.45. The molecule has 0 saturated heterocycles. The first kappa shape index (κ1) is 13.6. The lowest BCUT2D eigenvalue weighted by Gasteiger charge is -2.18. The molecule has 0 aliphatic carbocycles. The SMILES string of the molecule is C#CCN(CCC)S(=O)(=O)c1ncccc1F. The summed E-state index contributed by atoms with van der Waals surface area (Å²) in [5, 5.41) is -0.580. The highest BCUT2D eigenvalue weighted by atomic mass is 32.2. The van der Waals surface area contributed by atoms with Crippen LogP contribution in [-0.4, -0.2) is 30.8 Å². The summed E-state index contributed by atoms with van der Waals surface area (Å²) in [6.07, 6.45) is 6.93. The molecule has 0 atom stereocenters. The molecule has 1 aromatic heterocycles. The van der Waals surface area contributed by atoms with E-state index in [1.165, 1.54) is 12.3 Å². The average molecular weight is 256 g/mol. The molecule has 0 saturated carbocycles. The number of terminal acetylenes is 1. The Morgan fingerprint density at radius 1 is 1.59 bits per heavy atom. The van der Waals surface area contributed by atoms with E-state index < -0.39 is 20.9 Å². The van der Waals surface area contributed by atoms with Crippen LogP contribution in [0.5, 0.6) is 0 Å². The highest BCUT2D eigenvalue weighted by Crippen LogP contribution is 2.16. The number of halogens is 1. The van der Waals surface area contributed by atoms with Crippen LogP contribution < -0.4 is 0 Å². The fourth-order valence-corrected chi connectivity index (χ4v) is 2.74. The third kappa shape index (κ3) is 3.02. The first-order valence-corrected chi connectivity index (χ1v) is 6.52. The maximum atomic E-state index is 13.4. The van der Waals surface area contributed by atoms with Crippen LogP contribution in [0.25, 0.3) is 0 Å². The fourth-order valence-electron chi connectivity index (χ4n) is 1.32. The number of sulfonamides is 1. The second-order valence-electron chi connectivity index (χ2n) is 3.33. The zero-order valence-electron chi connectivity index (χ0n) is 9.43. The Labute approximate surface area is 101 Å². The largest absolute Gasteiger partial charge is 0.264 e. The number of rotatable bonds is 5. The van der Waals surface area contributed by atoms with Gasteiger partial charge >= 0.3 is 0 Å². The van der Waals surface area contributed by atoms with Crippen LogP contribution in [0.2, 0.25) is 0 Å². The van der Waals surface area contributed by atoms with Gasteiger partial charge in [-0.1, -0.05) is 12.8 Å². The number of aromatic nitrogens is 1. The fraction of sp³-hybridized carbons (Fsp3) is 0.364. The predicted molar refractivity (Wildman–Crippen MR) is 62.1 cm³/mol. The van der Waals surface area contributed by atoms with Gasteiger partial charge in [-0.25, -0.2) is 17.8 Å². The number of nitrogens with zero attached hydrogens (tertiary/aromatic N) is 2. The molecule has 1 heterocycles. The van der Waals surface area contributed by atoms with E-state index in [-0.39, 0.29) is 13.1 Å². The van der Waals surface area contributed by atoms with E-state index in [2.05, 4.69) is 10.9 Å². The van der Waals surface area contributed by atoms with Crippen LogP contribution in [0.3, 0.4) is 0 Å². The van der Waals surface area contributed by atoms with Crippen molar-refractivity contribution in [3.63, 3.8) is 0 Å². The van der Waals surface area contributed by atoms with Crippen molar-refractivity contribution in [3.05, 3.63) is 24.1 Å². The minimum atomic E-state index is -3.95. The summed E-state index contributed by atoms with van der Waals surface area (Å²) < 4.78 is 38.6. The summed E-state index contributed by atoms with van der Waals surface area (Å²) in [5.74, 6) is 1.37. The molecule has 0 spiro atoms. The van der Waals surface area contributed by atoms with Gasteiger partial charge in [-0.2, -0.15) is 4.31 Å². The van der Waals surface area contributed by atoms with Crippen LogP contribution in [0.15, 0.2) is 23.4 Å². The van der Waals surface area contributed by atoms with E-state index in [1.54, 1.807) is 0 Å². The van der Waals surface area contributed by atoms with Gasteiger partial charge in [0.15, 0.2) is 5.82 Å². The molecular weight excluding hydrogens is 243 g/mol. The molecule has 0 aliphatic heterocycles. The van der Waals surface area contributed by atoms with Gasteiger partial charge in [0.1, 0.15) is 0 Å². The van der Waals surface area contributed by atoms with Crippen molar-refractivity contribution in [2.45, 2.75) is 18.4 Å². The maximum absolute atomic E-state index is 13.4. The van der Waals surface area contributed by atoms with Crippen LogP contribution in [0.4, 0.5) is 4.39 Å². The smallest absolute Gasteiger partial charge is 0.241 e. The van der Waals surface area contributed by atoms with Gasteiger partial charge in [0, 0.05) is 12.7 Å². The van der Waals surface area contributed by atoms with E-state index in [0.29, 0.717) is 6.42 Å². The highest BCUT2D eigenvalue weighted by Gasteiger charge is 2.27. The minimum absolute atomic E-state index is 0.0911. The Bertz CT molecular complexity index is 523. The normalized spacial score (nSPS) is 11.4. The van der Waals surface area contributed by atoms with E-state index in [9.17, 15) is 12.8 Å². The number of hydrogen-bond donors (Lipinski definition) is 0. The Morgan fingerprint density at radius 2 is 2.29 bits per heavy atom. The van der Waals surface area contributed by atoms with Gasteiger partial charge in [0.25, 0.3) is 10.0 Å². The van der Waals surface area contributed by atoms with Gasteiger partial charge in [0.05, 0.1) is 6.54 Å². The van der Waals surface area contributed by atoms with Crippen LogP contribution >= 0.6 is 0 Å². The molecule has 17 heavy (non-hydrogen) atoms. The molecule has 0 aliphatic rings. The molecule has 0 fully saturated rings. The molecular formula is C11H13FN2O2S. The summed E-state index contributed by atoms with van der Waals surface area (Å²) in [7, 11) is -3.95. The van der Waals surface area contributed by atoms with Crippen molar-refractivity contribution < 1.29 is 12.8 Å². The van der Waals surface area contributed by atoms with Gasteiger partial charge in [-0.3, -0.25) is 0 Å². The Morgan fingerprint density at radius 3 is 2.82 bits per heavy atom. The second-order valence-corrected chi connectivity index (χ2v) is 5.19. The molecule has 6 heteroatoms. The quantitative estimate of drug-likeness (QED) is 0.745. The molecule has 0 aromatic carbocycles. The summed E-state index contributed by atoms with van der Waals surface area (Å²) in [5.41, 5.74) is 0. The van der Waals surface area contributed by atoms with E-state index in [0.717, 1.165) is 10.4 Å². The van der Waals surface area contributed by atoms with Crippen molar-refractivity contribution >= 4 is 10.0 Å². The summed E-state index contributed by atoms with van der Waals surface area (Å²) >= 11 is 0. The zero-order valence-corrected chi connectivity index (χ0v) is 10.2. The van der Waals surface area contributed by atoms with Crippen molar-refractivity contribution in [3.8, 4) is 12.3 Å². The predicted octanol–water partition coefficient (Wildman–Crippen LogP) is 1.25. The number of pyridine rings is 1. The lowest BCUT2D eigenvalue weighted by Crippen LogP contribution is -2.33. The summed E-state index contributed by atoms with van der Waals surface area (Å²) in [6.45, 7) is 1.96. The lowest BCUT2D eigenvalue weighted by atomic mass is 10.5. The van der Waals surface area contributed by atoms with Crippen molar-refractivity contribution in [1.29, 1.82) is 0 Å². The van der Waals surface area contributed by atoms with Gasteiger partial charge in [-0.05, 0) is 18.6 Å². The molecule has 4 nitrogen and oxygen atoms in total. The topological polar surface area (TPSA) is 50.3 Å². The molecule has 1 aromatic rings. The maximum Gasteiger partial charge on any atom is 0.264 e. The standard InChI is InChI=1S/C11H13FN2O2S/c1-3-8-14(9-4-2)17(15,16)11-10(12)6-5-7-13-11/h1,5-7H,4,8-9H2,2H3. The first-order chi connectivity index (χ1) is 8.04. The monoisotopic (exact) mass is 256 g/mol. The molecule has 92 valence electrons. The number of hydrogen-bond acceptors (Lipinski definition) is 3. The van der Waals surface area contributed by atoms with Crippen LogP contribution in [0, 0.1) is 18.2 Å². The Kier molecular flexibility index (Phi) is 4.61. The lowest BCUT2D eigenvalue weighted by molar-refractivity contribution is 0.436. The third-order valence-electron chi connectivity index (χ3n) is 2.05. The van der Waals surface area contributed by atoms with E-state index in [1.807, 2.05) is 6.92 Å². The van der Waals surface area contributed by atoms with Crippen molar-refractivity contribution in [2.75, 3.05) is 13.1 Å². The van der Waals surface area contributed by atoms with Gasteiger partial charge < -0.3 is 0 Å². The Balaban J connectivity index is 3.18. The molecule has 0 radical (unpaired) electrons. The molecule has 0 unspecified atom stereocenters. The molecule has 0 N–H and O–H groups in total.